The van der Waals surface area contributed by atoms with Crippen molar-refractivity contribution in [3.05, 3.63) is 72.4 Å². The second kappa shape index (κ2) is 9.06. The first-order valence-corrected chi connectivity index (χ1v) is 14.8. The number of nitrogens with zero attached hydrogens (tertiary/aromatic N) is 4. The highest BCUT2D eigenvalue weighted by molar-refractivity contribution is 7.91. The average Bonchev–Trinajstić information content (AvgIpc) is 3.24. The van der Waals surface area contributed by atoms with Crippen LogP contribution in [0, 0.1) is 0 Å². The molecule has 9 nitrogen and oxygen atoms in total. The monoisotopic (exact) mass is 511 g/mol. The van der Waals surface area contributed by atoms with Gasteiger partial charge in [-0.15, -0.1) is 5.10 Å². The number of pyridine rings is 1. The lowest BCUT2D eigenvalue weighted by atomic mass is 10.1. The maximum atomic E-state index is 11.8. The van der Waals surface area contributed by atoms with Crippen LogP contribution in [0.25, 0.3) is 16.8 Å². The van der Waals surface area contributed by atoms with Crippen molar-refractivity contribution in [1.82, 2.24) is 19.5 Å². The van der Waals surface area contributed by atoms with Gasteiger partial charge in [0.2, 0.25) is 5.95 Å². The normalized spacial score (nSPS) is 16.4. The largest absolute Gasteiger partial charge is 0.323 e. The van der Waals surface area contributed by atoms with Crippen molar-refractivity contribution in [3.8, 4) is 11.1 Å². The molecular formula is C24H25N5O4S2. The number of hydrogen-bond donors (Lipinski definition) is 1. The molecule has 1 aliphatic rings. The van der Waals surface area contributed by atoms with Gasteiger partial charge < -0.3 is 5.32 Å². The molecule has 2 aromatic carbocycles. The minimum atomic E-state index is -3.26. The zero-order chi connectivity index (χ0) is 24.6. The highest BCUT2D eigenvalue weighted by Crippen LogP contribution is 2.26. The van der Waals surface area contributed by atoms with Gasteiger partial charge in [0.05, 0.1) is 16.4 Å². The van der Waals surface area contributed by atoms with Crippen molar-refractivity contribution in [3.63, 3.8) is 0 Å². The maximum Gasteiger partial charge on any atom is 0.247 e. The summed E-state index contributed by atoms with van der Waals surface area (Å²) < 4.78 is 48.4. The predicted molar refractivity (Wildman–Crippen MR) is 135 cm³/mol. The van der Waals surface area contributed by atoms with Gasteiger partial charge in [0, 0.05) is 43.3 Å². The molecule has 0 aliphatic carbocycles. The van der Waals surface area contributed by atoms with Crippen LogP contribution >= 0.6 is 0 Å². The molecule has 0 atom stereocenters. The topological polar surface area (TPSA) is 114 Å². The summed E-state index contributed by atoms with van der Waals surface area (Å²) in [6.45, 7) is 1.84. The molecule has 0 radical (unpaired) electrons. The Labute approximate surface area is 204 Å². The van der Waals surface area contributed by atoms with Crippen LogP contribution in [0.15, 0.2) is 71.8 Å². The van der Waals surface area contributed by atoms with Crippen LogP contribution in [-0.2, 0) is 26.2 Å². The molecule has 0 amide bonds. The molecule has 1 N–H and O–H groups in total. The SMILES string of the molecule is CS(=O)(=O)c1ccc(-c2cccn3nc(Nc4ccc(CN5CCS(=O)(=O)CC5)cc4)nc23)cc1. The number of fused-ring (bicyclic) bond motifs is 1. The number of rotatable bonds is 6. The Morgan fingerprint density at radius 3 is 2.31 bits per heavy atom. The van der Waals surface area contributed by atoms with E-state index in [2.05, 4.69) is 20.3 Å². The van der Waals surface area contributed by atoms with Crippen molar-refractivity contribution < 1.29 is 16.8 Å². The molecule has 5 rings (SSSR count). The van der Waals surface area contributed by atoms with Crippen LogP contribution in [0.1, 0.15) is 5.56 Å². The highest BCUT2D eigenvalue weighted by atomic mass is 32.2. The lowest BCUT2D eigenvalue weighted by molar-refractivity contribution is 0.287. The lowest BCUT2D eigenvalue weighted by Crippen LogP contribution is -2.39. The minimum Gasteiger partial charge on any atom is -0.323 e. The van der Waals surface area contributed by atoms with Crippen LogP contribution in [0.4, 0.5) is 11.6 Å². The first-order chi connectivity index (χ1) is 16.7. The molecule has 1 fully saturated rings. The molecule has 1 saturated heterocycles. The first-order valence-electron chi connectivity index (χ1n) is 11.1. The van der Waals surface area contributed by atoms with E-state index in [-0.39, 0.29) is 16.4 Å². The number of sulfone groups is 2. The second-order valence-electron chi connectivity index (χ2n) is 8.67. The molecule has 0 bridgehead atoms. The number of hydrogen-bond acceptors (Lipinski definition) is 8. The van der Waals surface area contributed by atoms with Crippen molar-refractivity contribution >= 4 is 37.0 Å². The summed E-state index contributed by atoms with van der Waals surface area (Å²) in [5.41, 5.74) is 4.28. The van der Waals surface area contributed by atoms with E-state index >= 15 is 0 Å². The summed E-state index contributed by atoms with van der Waals surface area (Å²) in [6, 6.07) is 18.4. The van der Waals surface area contributed by atoms with E-state index in [1.807, 2.05) is 42.6 Å². The third-order valence-electron chi connectivity index (χ3n) is 6.01. The van der Waals surface area contributed by atoms with E-state index in [1.54, 1.807) is 28.8 Å². The average molecular weight is 512 g/mol. The summed E-state index contributed by atoms with van der Waals surface area (Å²) in [7, 11) is -6.14. The van der Waals surface area contributed by atoms with Gasteiger partial charge in [-0.25, -0.2) is 21.4 Å². The second-order valence-corrected chi connectivity index (χ2v) is 13.0. The zero-order valence-corrected chi connectivity index (χ0v) is 20.8. The van der Waals surface area contributed by atoms with Gasteiger partial charge >= 0.3 is 0 Å². The van der Waals surface area contributed by atoms with Gasteiger partial charge in [0.1, 0.15) is 0 Å². The van der Waals surface area contributed by atoms with Crippen LogP contribution in [-0.4, -0.2) is 67.2 Å². The third-order valence-corrected chi connectivity index (χ3v) is 8.75. The van der Waals surface area contributed by atoms with E-state index in [0.29, 0.717) is 31.2 Å². The molecule has 11 heteroatoms. The number of nitrogens with one attached hydrogen (secondary N) is 1. The summed E-state index contributed by atoms with van der Waals surface area (Å²) >= 11 is 0. The van der Waals surface area contributed by atoms with Crippen LogP contribution in [0.2, 0.25) is 0 Å². The number of benzene rings is 2. The Morgan fingerprint density at radius 2 is 1.66 bits per heavy atom. The molecule has 1 aliphatic heterocycles. The van der Waals surface area contributed by atoms with Crippen LogP contribution < -0.4 is 5.32 Å². The number of aromatic nitrogens is 3. The first kappa shape index (κ1) is 23.5. The number of anilines is 2. The van der Waals surface area contributed by atoms with Gasteiger partial charge in [-0.1, -0.05) is 24.3 Å². The third kappa shape index (κ3) is 5.37. The van der Waals surface area contributed by atoms with Gasteiger partial charge in [-0.3, -0.25) is 4.90 Å². The van der Waals surface area contributed by atoms with E-state index in [9.17, 15) is 16.8 Å². The molecule has 0 spiro atoms. The summed E-state index contributed by atoms with van der Waals surface area (Å²) in [6.07, 6.45) is 3.00. The Balaban J connectivity index is 1.31. The van der Waals surface area contributed by atoms with Crippen molar-refractivity contribution in [2.75, 3.05) is 36.2 Å². The van der Waals surface area contributed by atoms with Crippen LogP contribution in [0.5, 0.6) is 0 Å². The van der Waals surface area contributed by atoms with E-state index in [0.717, 1.165) is 22.4 Å². The Kier molecular flexibility index (Phi) is 6.07. The van der Waals surface area contributed by atoms with Crippen molar-refractivity contribution in [1.29, 1.82) is 0 Å². The zero-order valence-electron chi connectivity index (χ0n) is 19.1. The fourth-order valence-corrected chi connectivity index (χ4v) is 5.96. The summed E-state index contributed by atoms with van der Waals surface area (Å²) in [5, 5.41) is 7.74. The van der Waals surface area contributed by atoms with Gasteiger partial charge in [-0.05, 0) is 47.5 Å². The summed E-state index contributed by atoms with van der Waals surface area (Å²) in [4.78, 5) is 7.06. The Morgan fingerprint density at radius 1 is 0.971 bits per heavy atom. The molecule has 0 unspecified atom stereocenters. The standard InChI is InChI=1S/C24H25N5O4S2/c1-34(30,31)21-10-6-19(7-11-21)22-3-2-12-29-23(22)26-24(27-29)25-20-8-4-18(5-9-20)17-28-13-15-35(32,33)16-14-28/h2-12H,13-17H2,1H3,(H,25,27). The Hall–Kier alpha value is -3.28. The van der Waals surface area contributed by atoms with Gasteiger partial charge in [0.25, 0.3) is 0 Å². The minimum absolute atomic E-state index is 0.218. The Bertz CT molecular complexity index is 1570. The molecule has 182 valence electrons. The van der Waals surface area contributed by atoms with E-state index < -0.39 is 19.7 Å². The fraction of sp³-hybridized carbons (Fsp3) is 0.250. The van der Waals surface area contributed by atoms with E-state index in [1.165, 1.54) is 6.26 Å². The van der Waals surface area contributed by atoms with Crippen LogP contribution in [0.3, 0.4) is 0 Å². The molecule has 35 heavy (non-hydrogen) atoms. The molecular weight excluding hydrogens is 486 g/mol. The lowest BCUT2D eigenvalue weighted by Gasteiger charge is -2.26. The molecule has 2 aromatic heterocycles. The smallest absolute Gasteiger partial charge is 0.247 e. The van der Waals surface area contributed by atoms with Gasteiger partial charge in [0.15, 0.2) is 25.3 Å². The summed E-state index contributed by atoms with van der Waals surface area (Å²) in [5.74, 6) is 0.880. The van der Waals surface area contributed by atoms with Crippen molar-refractivity contribution in [2.24, 2.45) is 0 Å². The van der Waals surface area contributed by atoms with E-state index in [4.69, 9.17) is 0 Å². The molecule has 4 aromatic rings. The predicted octanol–water partition coefficient (Wildman–Crippen LogP) is 2.77. The van der Waals surface area contributed by atoms with Crippen molar-refractivity contribution in [2.45, 2.75) is 11.4 Å². The highest BCUT2D eigenvalue weighted by Gasteiger charge is 2.21. The molecule has 0 saturated carbocycles. The quantitative estimate of drug-likeness (QED) is 0.420. The van der Waals surface area contributed by atoms with Gasteiger partial charge in [-0.2, -0.15) is 4.98 Å². The maximum absolute atomic E-state index is 11.8. The fourth-order valence-electron chi connectivity index (χ4n) is 4.06. The molecule has 3 heterocycles.